The Bertz CT molecular complexity index is 859. The molecule has 120 valence electrons. The average molecular weight is 340 g/mol. The number of imide groups is 1. The molecule has 0 atom stereocenters. The molecule has 3 rings (SSSR count). The number of nitrogens with one attached hydrogen (secondary N) is 2. The van der Waals surface area contributed by atoms with Gasteiger partial charge in [-0.05, 0) is 46.7 Å². The summed E-state index contributed by atoms with van der Waals surface area (Å²) in [5, 5.41) is 12.9. The molecule has 1 heterocycles. The van der Waals surface area contributed by atoms with Crippen molar-refractivity contribution < 1.29 is 19.5 Å². The maximum absolute atomic E-state index is 11.5. The molecule has 1 saturated heterocycles. The fourth-order valence-corrected chi connectivity index (χ4v) is 2.93. The number of benzene rings is 2. The van der Waals surface area contributed by atoms with Crippen LogP contribution in [0.1, 0.15) is 5.56 Å². The van der Waals surface area contributed by atoms with Gasteiger partial charge < -0.3 is 5.11 Å². The topological polar surface area (TPSA) is 95.5 Å². The van der Waals surface area contributed by atoms with Crippen molar-refractivity contribution in [2.24, 2.45) is 0 Å². The van der Waals surface area contributed by atoms with Crippen molar-refractivity contribution in [2.45, 2.75) is 0 Å². The van der Waals surface area contributed by atoms with Crippen LogP contribution >= 0.6 is 11.8 Å². The standard InChI is InChI=1S/C17H12N2O4S/c20-15-14(24-17(23)19-15)8-10-4-6-11(7-5-10)12-2-1-3-13(9-12)18-16(21)22/h1-9,18H,(H,21,22)(H,19,20,23)/b14-8+. The molecule has 1 aliphatic heterocycles. The van der Waals surface area contributed by atoms with E-state index in [1.165, 1.54) is 0 Å². The molecule has 1 fully saturated rings. The third-order valence-corrected chi connectivity index (χ3v) is 4.11. The van der Waals surface area contributed by atoms with Gasteiger partial charge in [0, 0.05) is 5.69 Å². The van der Waals surface area contributed by atoms with Gasteiger partial charge in [0.2, 0.25) is 0 Å². The lowest BCUT2D eigenvalue weighted by Crippen LogP contribution is -2.17. The van der Waals surface area contributed by atoms with Crippen LogP contribution in [0.3, 0.4) is 0 Å². The third-order valence-electron chi connectivity index (χ3n) is 3.30. The van der Waals surface area contributed by atoms with Gasteiger partial charge in [-0.3, -0.25) is 20.2 Å². The number of carboxylic acid groups (broad SMARTS) is 1. The quantitative estimate of drug-likeness (QED) is 0.739. The molecule has 0 radical (unpaired) electrons. The van der Waals surface area contributed by atoms with Crippen molar-refractivity contribution in [3.63, 3.8) is 0 Å². The normalized spacial score (nSPS) is 15.4. The van der Waals surface area contributed by atoms with Gasteiger partial charge in [0.25, 0.3) is 11.1 Å². The molecule has 0 spiro atoms. The van der Waals surface area contributed by atoms with Crippen LogP contribution in [0.25, 0.3) is 17.2 Å². The van der Waals surface area contributed by atoms with Crippen LogP contribution in [0, 0.1) is 0 Å². The van der Waals surface area contributed by atoms with Crippen LogP contribution in [-0.2, 0) is 4.79 Å². The van der Waals surface area contributed by atoms with E-state index in [1.807, 2.05) is 30.3 Å². The Hall–Kier alpha value is -3.06. The molecular formula is C17H12N2O4S. The summed E-state index contributed by atoms with van der Waals surface area (Å²) in [5.41, 5.74) is 3.06. The smallest absolute Gasteiger partial charge is 0.409 e. The summed E-state index contributed by atoms with van der Waals surface area (Å²) in [6.45, 7) is 0. The van der Waals surface area contributed by atoms with Gasteiger partial charge in [0.1, 0.15) is 0 Å². The fraction of sp³-hybridized carbons (Fsp3) is 0. The van der Waals surface area contributed by atoms with E-state index < -0.39 is 6.09 Å². The van der Waals surface area contributed by atoms with Crippen LogP contribution in [0.15, 0.2) is 53.4 Å². The minimum atomic E-state index is -1.11. The lowest BCUT2D eigenvalue weighted by molar-refractivity contribution is -0.115. The molecule has 24 heavy (non-hydrogen) atoms. The van der Waals surface area contributed by atoms with E-state index in [0.717, 1.165) is 28.5 Å². The summed E-state index contributed by atoms with van der Waals surface area (Å²) >= 11 is 0.874. The largest absolute Gasteiger partial charge is 0.465 e. The zero-order valence-corrected chi connectivity index (χ0v) is 13.1. The van der Waals surface area contributed by atoms with Crippen molar-refractivity contribution in [2.75, 3.05) is 5.32 Å². The second-order valence-corrected chi connectivity index (χ2v) is 6.00. The van der Waals surface area contributed by atoms with Crippen molar-refractivity contribution in [1.29, 1.82) is 0 Å². The minimum absolute atomic E-state index is 0.361. The first-order valence-corrected chi connectivity index (χ1v) is 7.78. The summed E-state index contributed by atoms with van der Waals surface area (Å²) in [5.74, 6) is -0.387. The summed E-state index contributed by atoms with van der Waals surface area (Å²) in [4.78, 5) is 33.7. The van der Waals surface area contributed by atoms with Crippen molar-refractivity contribution in [3.8, 4) is 11.1 Å². The Kier molecular flexibility index (Phi) is 4.35. The van der Waals surface area contributed by atoms with Crippen molar-refractivity contribution in [1.82, 2.24) is 5.32 Å². The van der Waals surface area contributed by atoms with Gasteiger partial charge in [-0.25, -0.2) is 4.79 Å². The highest BCUT2D eigenvalue weighted by Crippen LogP contribution is 2.27. The molecule has 1 aliphatic rings. The molecule has 0 bridgehead atoms. The van der Waals surface area contributed by atoms with Gasteiger partial charge in [-0.15, -0.1) is 0 Å². The molecule has 0 saturated carbocycles. The Morgan fingerprint density at radius 2 is 1.83 bits per heavy atom. The average Bonchev–Trinajstić information content (AvgIpc) is 2.85. The van der Waals surface area contributed by atoms with Gasteiger partial charge in [0.05, 0.1) is 4.91 Å². The van der Waals surface area contributed by atoms with Crippen LogP contribution < -0.4 is 10.6 Å². The summed E-state index contributed by atoms with van der Waals surface area (Å²) in [6.07, 6.45) is 0.535. The van der Waals surface area contributed by atoms with E-state index in [1.54, 1.807) is 24.3 Å². The second kappa shape index (κ2) is 6.59. The first kappa shape index (κ1) is 15.8. The molecule has 2 aromatic carbocycles. The summed E-state index contributed by atoms with van der Waals surface area (Å²) in [6, 6.07) is 14.4. The van der Waals surface area contributed by atoms with Crippen LogP contribution in [-0.4, -0.2) is 22.3 Å². The van der Waals surface area contributed by atoms with Crippen LogP contribution in [0.4, 0.5) is 15.3 Å². The molecular weight excluding hydrogens is 328 g/mol. The molecule has 2 aromatic rings. The zero-order valence-electron chi connectivity index (χ0n) is 12.3. The van der Waals surface area contributed by atoms with E-state index in [-0.39, 0.29) is 11.1 Å². The highest BCUT2D eigenvalue weighted by molar-refractivity contribution is 8.18. The highest BCUT2D eigenvalue weighted by Gasteiger charge is 2.24. The lowest BCUT2D eigenvalue weighted by atomic mass is 10.0. The van der Waals surface area contributed by atoms with Crippen LogP contribution in [0.2, 0.25) is 0 Å². The predicted molar refractivity (Wildman–Crippen MR) is 92.6 cm³/mol. The van der Waals surface area contributed by atoms with E-state index in [2.05, 4.69) is 10.6 Å². The first-order chi connectivity index (χ1) is 11.5. The predicted octanol–water partition coefficient (Wildman–Crippen LogP) is 3.77. The van der Waals surface area contributed by atoms with Gasteiger partial charge in [-0.2, -0.15) is 0 Å². The van der Waals surface area contributed by atoms with Gasteiger partial charge in [0.15, 0.2) is 0 Å². The summed E-state index contributed by atoms with van der Waals surface area (Å²) < 4.78 is 0. The van der Waals surface area contributed by atoms with Crippen molar-refractivity contribution >= 4 is 40.8 Å². The lowest BCUT2D eigenvalue weighted by Gasteiger charge is -2.06. The second-order valence-electron chi connectivity index (χ2n) is 4.99. The Morgan fingerprint density at radius 3 is 2.46 bits per heavy atom. The van der Waals surface area contributed by atoms with Gasteiger partial charge >= 0.3 is 6.09 Å². The molecule has 3 amide bonds. The van der Waals surface area contributed by atoms with E-state index in [9.17, 15) is 14.4 Å². The van der Waals surface area contributed by atoms with E-state index in [0.29, 0.717) is 10.6 Å². The Labute approximate surface area is 141 Å². The SMILES string of the molecule is O=C(O)Nc1cccc(-c2ccc(/C=C3/SC(=O)NC3=O)cc2)c1. The van der Waals surface area contributed by atoms with Crippen LogP contribution in [0.5, 0.6) is 0 Å². The van der Waals surface area contributed by atoms with Gasteiger partial charge in [-0.1, -0.05) is 36.4 Å². The number of carbonyl (C=O) groups is 3. The molecule has 0 aliphatic carbocycles. The Balaban J connectivity index is 1.82. The monoisotopic (exact) mass is 340 g/mol. The zero-order chi connectivity index (χ0) is 17.1. The fourth-order valence-electron chi connectivity index (χ4n) is 2.24. The number of carbonyl (C=O) groups excluding carboxylic acids is 2. The maximum Gasteiger partial charge on any atom is 0.409 e. The highest BCUT2D eigenvalue weighted by atomic mass is 32.2. The Morgan fingerprint density at radius 1 is 1.08 bits per heavy atom. The van der Waals surface area contributed by atoms with E-state index in [4.69, 9.17) is 5.11 Å². The molecule has 6 nitrogen and oxygen atoms in total. The maximum atomic E-state index is 11.5. The number of anilines is 1. The molecule has 7 heteroatoms. The number of hydrogen-bond donors (Lipinski definition) is 3. The molecule has 0 unspecified atom stereocenters. The number of thioether (sulfide) groups is 1. The summed E-state index contributed by atoms with van der Waals surface area (Å²) in [7, 11) is 0. The third kappa shape index (κ3) is 3.64. The number of hydrogen-bond acceptors (Lipinski definition) is 4. The minimum Gasteiger partial charge on any atom is -0.465 e. The van der Waals surface area contributed by atoms with Crippen molar-refractivity contribution in [3.05, 3.63) is 59.0 Å². The number of amides is 3. The first-order valence-electron chi connectivity index (χ1n) is 6.96. The number of rotatable bonds is 3. The van der Waals surface area contributed by atoms with E-state index >= 15 is 0 Å². The molecule has 0 aromatic heterocycles. The molecule has 3 N–H and O–H groups in total.